The third-order valence-corrected chi connectivity index (χ3v) is 11.4. The summed E-state index contributed by atoms with van der Waals surface area (Å²) in [6.07, 6.45) is 2.89. The maximum atomic E-state index is 12.9. The third kappa shape index (κ3) is 16.5. The topological polar surface area (TPSA) is 81.7 Å². The third-order valence-electron chi connectivity index (χ3n) is 7.15. The second kappa shape index (κ2) is 16.9. The molecule has 0 aromatic heterocycles. The molecule has 0 radical (unpaired) electrons. The maximum Gasteiger partial charge on any atom is 0.407 e. The number of hydrogen-bond donors (Lipinski definition) is 1. The Morgan fingerprint density at radius 1 is 0.949 bits per heavy atom. The van der Waals surface area contributed by atoms with Gasteiger partial charge in [-0.2, -0.15) is 0 Å². The van der Waals surface area contributed by atoms with Gasteiger partial charge in [-0.15, -0.1) is 23.5 Å². The first-order valence-corrected chi connectivity index (χ1v) is 16.9. The van der Waals surface area contributed by atoms with Gasteiger partial charge in [0.05, 0.1) is 19.6 Å². The molecule has 0 saturated heterocycles. The van der Waals surface area contributed by atoms with Crippen molar-refractivity contribution in [2.75, 3.05) is 25.2 Å². The molecule has 0 bridgehead atoms. The molecule has 1 amide bonds. The fourth-order valence-electron chi connectivity index (χ4n) is 3.61. The maximum absolute atomic E-state index is 12.9. The fourth-order valence-corrected chi connectivity index (χ4v) is 7.02. The van der Waals surface area contributed by atoms with E-state index in [0.717, 1.165) is 22.1 Å². The lowest BCUT2D eigenvalue weighted by molar-refractivity contribution is -0.146. The van der Waals surface area contributed by atoms with Gasteiger partial charge in [0.25, 0.3) is 0 Å². The number of carbonyl (C=O) groups excluding carboxylic acids is 3. The lowest BCUT2D eigenvalue weighted by Crippen LogP contribution is -2.55. The summed E-state index contributed by atoms with van der Waals surface area (Å²) in [5, 5.41) is 2.94. The van der Waals surface area contributed by atoms with E-state index >= 15 is 0 Å². The summed E-state index contributed by atoms with van der Waals surface area (Å²) >= 11 is 10.2. The first kappa shape index (κ1) is 38.5. The highest BCUT2D eigenvalue weighted by molar-refractivity contribution is 8.47. The Bertz CT molecular complexity index is 821. The standard InChI is InChI=1S/C29H53NO5S4/c1-20(39-25(36)38-19-27(6,7)15-14-26(3,4)5)22(23(32)34-12)18-28(8,9)29(10,11)30-24(33)35-16-13-17-37-21(2)31/h20,22H,13-19H2,1-12H3,(H,30,33). The van der Waals surface area contributed by atoms with Crippen molar-refractivity contribution in [2.24, 2.45) is 22.2 Å². The summed E-state index contributed by atoms with van der Waals surface area (Å²) in [6, 6.07) is 0. The van der Waals surface area contributed by atoms with E-state index in [0.29, 0.717) is 24.0 Å². The van der Waals surface area contributed by atoms with Crippen molar-refractivity contribution in [1.29, 1.82) is 0 Å². The molecule has 0 aliphatic rings. The van der Waals surface area contributed by atoms with Crippen LogP contribution in [-0.2, 0) is 19.1 Å². The number of thioether (sulfide) groups is 3. The number of carbonyl (C=O) groups is 3. The Kier molecular flexibility index (Phi) is 16.7. The Morgan fingerprint density at radius 3 is 2.05 bits per heavy atom. The highest BCUT2D eigenvalue weighted by atomic mass is 32.2. The Hall–Kier alpha value is -0.450. The lowest BCUT2D eigenvalue weighted by Gasteiger charge is -2.44. The molecular formula is C29H53NO5S4. The number of amides is 1. The van der Waals surface area contributed by atoms with Crippen molar-refractivity contribution in [3.05, 3.63) is 0 Å². The number of esters is 1. The average Bonchev–Trinajstić information content (AvgIpc) is 2.78. The van der Waals surface area contributed by atoms with Gasteiger partial charge in [-0.3, -0.25) is 9.59 Å². The molecular weight excluding hydrogens is 571 g/mol. The van der Waals surface area contributed by atoms with Crippen LogP contribution in [0.5, 0.6) is 0 Å². The molecule has 10 heteroatoms. The molecule has 0 aromatic rings. The van der Waals surface area contributed by atoms with Crippen molar-refractivity contribution in [2.45, 2.75) is 113 Å². The summed E-state index contributed by atoms with van der Waals surface area (Å²) in [7, 11) is 1.41. The highest BCUT2D eigenvalue weighted by Gasteiger charge is 2.43. The van der Waals surface area contributed by atoms with E-state index in [4.69, 9.17) is 21.7 Å². The summed E-state index contributed by atoms with van der Waals surface area (Å²) in [5.41, 5.74) is -0.651. The molecule has 6 nitrogen and oxygen atoms in total. The van der Waals surface area contributed by atoms with Gasteiger partial charge in [0, 0.05) is 29.2 Å². The molecule has 39 heavy (non-hydrogen) atoms. The number of nitrogens with one attached hydrogen (secondary N) is 1. The molecule has 2 unspecified atom stereocenters. The average molecular weight is 624 g/mol. The van der Waals surface area contributed by atoms with Gasteiger partial charge in [-0.05, 0) is 55.8 Å². The molecule has 228 valence electrons. The summed E-state index contributed by atoms with van der Waals surface area (Å²) < 4.78 is 11.3. The zero-order valence-electron chi connectivity index (χ0n) is 26.3. The van der Waals surface area contributed by atoms with Gasteiger partial charge in [-0.25, -0.2) is 4.79 Å². The lowest BCUT2D eigenvalue weighted by atomic mass is 9.68. The fraction of sp³-hybridized carbons (Fsp3) is 0.862. The van der Waals surface area contributed by atoms with Crippen LogP contribution in [0.1, 0.15) is 102 Å². The van der Waals surface area contributed by atoms with Crippen LogP contribution in [0.15, 0.2) is 0 Å². The van der Waals surface area contributed by atoms with Crippen molar-refractivity contribution >= 4 is 68.2 Å². The van der Waals surface area contributed by atoms with Crippen LogP contribution in [0, 0.1) is 22.2 Å². The number of methoxy groups -OCH3 is 1. The van der Waals surface area contributed by atoms with Crippen LogP contribution in [0.2, 0.25) is 0 Å². The van der Waals surface area contributed by atoms with E-state index in [1.165, 1.54) is 25.8 Å². The predicted octanol–water partition coefficient (Wildman–Crippen LogP) is 8.36. The molecule has 0 aliphatic carbocycles. The molecule has 0 heterocycles. The number of thiocarbonyl (C=S) groups is 1. The van der Waals surface area contributed by atoms with Crippen LogP contribution in [-0.4, -0.2) is 56.7 Å². The molecule has 0 aliphatic heterocycles. The van der Waals surface area contributed by atoms with Crippen LogP contribution < -0.4 is 5.32 Å². The van der Waals surface area contributed by atoms with E-state index in [1.54, 1.807) is 23.5 Å². The van der Waals surface area contributed by atoms with Crippen molar-refractivity contribution in [1.82, 2.24) is 5.32 Å². The minimum Gasteiger partial charge on any atom is -0.469 e. The normalized spacial score (nSPS) is 14.4. The predicted molar refractivity (Wildman–Crippen MR) is 175 cm³/mol. The minimum atomic E-state index is -0.665. The van der Waals surface area contributed by atoms with E-state index in [-0.39, 0.29) is 28.4 Å². The van der Waals surface area contributed by atoms with Gasteiger partial charge in [0.1, 0.15) is 3.53 Å². The van der Waals surface area contributed by atoms with Crippen LogP contribution in [0.4, 0.5) is 4.79 Å². The van der Waals surface area contributed by atoms with E-state index in [1.807, 2.05) is 34.6 Å². The number of rotatable bonds is 15. The molecule has 0 fully saturated rings. The van der Waals surface area contributed by atoms with Crippen LogP contribution in [0.3, 0.4) is 0 Å². The van der Waals surface area contributed by atoms with Gasteiger partial charge < -0.3 is 14.8 Å². The summed E-state index contributed by atoms with van der Waals surface area (Å²) in [6.45, 7) is 23.1. The SMILES string of the molecule is COC(=O)C(CC(C)(C)C(C)(C)NC(=O)OCCCSC(C)=O)C(C)SC(=S)SCC(C)(C)CCC(C)(C)C. The van der Waals surface area contributed by atoms with Crippen molar-refractivity contribution in [3.8, 4) is 0 Å². The quantitative estimate of drug-likeness (QED) is 0.110. The van der Waals surface area contributed by atoms with E-state index < -0.39 is 23.0 Å². The molecule has 0 saturated carbocycles. The van der Waals surface area contributed by atoms with Gasteiger partial charge in [0.15, 0.2) is 5.12 Å². The second-order valence-electron chi connectivity index (χ2n) is 13.4. The molecule has 0 rings (SSSR count). The van der Waals surface area contributed by atoms with Gasteiger partial charge in [-0.1, -0.05) is 79.4 Å². The van der Waals surface area contributed by atoms with Crippen LogP contribution >= 0.6 is 47.5 Å². The van der Waals surface area contributed by atoms with Crippen molar-refractivity contribution in [3.63, 3.8) is 0 Å². The molecule has 1 N–H and O–H groups in total. The molecule has 0 aromatic carbocycles. The van der Waals surface area contributed by atoms with Gasteiger partial charge >= 0.3 is 12.1 Å². The largest absolute Gasteiger partial charge is 0.469 e. The summed E-state index contributed by atoms with van der Waals surface area (Å²) in [5.74, 6) is 0.871. The first-order chi connectivity index (χ1) is 17.6. The highest BCUT2D eigenvalue weighted by Crippen LogP contribution is 2.42. The van der Waals surface area contributed by atoms with E-state index in [2.05, 4.69) is 39.9 Å². The van der Waals surface area contributed by atoms with Crippen molar-refractivity contribution < 1.29 is 23.9 Å². The number of ether oxygens (including phenoxy) is 2. The van der Waals surface area contributed by atoms with Gasteiger partial charge in [0.2, 0.25) is 0 Å². The first-order valence-electron chi connectivity index (χ1n) is 13.6. The minimum absolute atomic E-state index is 0.0502. The monoisotopic (exact) mass is 623 g/mol. The zero-order chi connectivity index (χ0) is 30.7. The Balaban J connectivity index is 5.14. The number of hydrogen-bond acceptors (Lipinski definition) is 9. The smallest absolute Gasteiger partial charge is 0.407 e. The zero-order valence-corrected chi connectivity index (χ0v) is 29.5. The molecule has 0 spiro atoms. The number of alkyl carbamates (subject to hydrolysis) is 1. The Morgan fingerprint density at radius 2 is 1.54 bits per heavy atom. The molecule has 2 atom stereocenters. The summed E-state index contributed by atoms with van der Waals surface area (Å²) in [4.78, 5) is 36.4. The Labute approximate surface area is 256 Å². The van der Waals surface area contributed by atoms with Crippen LogP contribution in [0.25, 0.3) is 0 Å². The van der Waals surface area contributed by atoms with E-state index in [9.17, 15) is 14.4 Å². The second-order valence-corrected chi connectivity index (χ2v) is 18.2.